The lowest BCUT2D eigenvalue weighted by Crippen LogP contribution is -2.50. The summed E-state index contributed by atoms with van der Waals surface area (Å²) in [5.74, 6) is 1.00. The van der Waals surface area contributed by atoms with Crippen molar-refractivity contribution >= 4 is 11.7 Å². The molecule has 27 heavy (non-hydrogen) atoms. The van der Waals surface area contributed by atoms with E-state index in [-0.39, 0.29) is 23.5 Å². The molecule has 1 aromatic rings. The van der Waals surface area contributed by atoms with Gasteiger partial charge in [-0.25, -0.2) is 4.98 Å². The highest BCUT2D eigenvalue weighted by Gasteiger charge is 2.51. The lowest BCUT2D eigenvalue weighted by atomic mass is 9.78. The van der Waals surface area contributed by atoms with Crippen molar-refractivity contribution in [3.63, 3.8) is 0 Å². The topological polar surface area (TPSA) is 80.5 Å². The van der Waals surface area contributed by atoms with Crippen LogP contribution in [0.15, 0.2) is 12.1 Å². The van der Waals surface area contributed by atoms with Gasteiger partial charge in [0.15, 0.2) is 0 Å². The lowest BCUT2D eigenvalue weighted by Gasteiger charge is -2.41. The van der Waals surface area contributed by atoms with Crippen molar-refractivity contribution in [2.75, 3.05) is 24.5 Å². The van der Waals surface area contributed by atoms with Gasteiger partial charge in [0.2, 0.25) is 5.91 Å². The standard InChI is InChI=1S/C21H28N4O2/c1-15-3-4-16(13-22)19(23-15)24-11-2-9-21(14-24)10-12-25(20(21)27)17-5-7-18(26)8-6-17/h3-4,17-18,26H,2,5-12,14H2,1H3/t17?,18?,21-/m0/s1. The zero-order chi connectivity index (χ0) is 19.0. The average Bonchev–Trinajstić information content (AvgIpc) is 2.98. The summed E-state index contributed by atoms with van der Waals surface area (Å²) >= 11 is 0. The highest BCUT2D eigenvalue weighted by Crippen LogP contribution is 2.43. The van der Waals surface area contributed by atoms with E-state index in [4.69, 9.17) is 0 Å². The molecule has 0 bridgehead atoms. The summed E-state index contributed by atoms with van der Waals surface area (Å²) in [6.07, 6.45) is 5.96. The van der Waals surface area contributed by atoms with Gasteiger partial charge in [0.25, 0.3) is 0 Å². The number of amides is 1. The molecule has 0 radical (unpaired) electrons. The molecule has 3 fully saturated rings. The van der Waals surface area contributed by atoms with Crippen LogP contribution in [-0.2, 0) is 4.79 Å². The van der Waals surface area contributed by atoms with E-state index in [0.717, 1.165) is 69.5 Å². The SMILES string of the molecule is Cc1ccc(C#N)c(N2CCC[C@]3(CCN(C4CCC(O)CC4)C3=O)C2)n1. The summed E-state index contributed by atoms with van der Waals surface area (Å²) in [5, 5.41) is 19.2. The first kappa shape index (κ1) is 18.2. The van der Waals surface area contributed by atoms with E-state index in [2.05, 4.69) is 20.9 Å². The Morgan fingerprint density at radius 1 is 1.22 bits per heavy atom. The number of aromatic nitrogens is 1. The van der Waals surface area contributed by atoms with Crippen molar-refractivity contribution in [3.8, 4) is 6.07 Å². The number of rotatable bonds is 2. The van der Waals surface area contributed by atoms with Crippen LogP contribution in [0.1, 0.15) is 56.2 Å². The Hall–Kier alpha value is -2.13. The Bertz CT molecular complexity index is 766. The molecule has 1 atom stereocenters. The van der Waals surface area contributed by atoms with Crippen molar-refractivity contribution in [2.45, 2.75) is 64.0 Å². The number of piperidine rings is 1. The number of nitriles is 1. The number of aliphatic hydroxyl groups is 1. The second-order valence-electron chi connectivity index (χ2n) is 8.45. The van der Waals surface area contributed by atoms with E-state index in [9.17, 15) is 15.2 Å². The summed E-state index contributed by atoms with van der Waals surface area (Å²) < 4.78 is 0. The minimum absolute atomic E-state index is 0.199. The number of hydrogen-bond donors (Lipinski definition) is 1. The van der Waals surface area contributed by atoms with Crippen LogP contribution >= 0.6 is 0 Å². The molecule has 3 heterocycles. The van der Waals surface area contributed by atoms with Gasteiger partial charge in [0.1, 0.15) is 11.9 Å². The fourth-order valence-corrected chi connectivity index (χ4v) is 5.13. The number of likely N-dealkylation sites (tertiary alicyclic amines) is 1. The van der Waals surface area contributed by atoms with E-state index in [1.807, 2.05) is 19.1 Å². The number of nitrogens with zero attached hydrogens (tertiary/aromatic N) is 4. The zero-order valence-corrected chi connectivity index (χ0v) is 16.0. The zero-order valence-electron chi connectivity index (χ0n) is 16.0. The van der Waals surface area contributed by atoms with Crippen molar-refractivity contribution in [3.05, 3.63) is 23.4 Å². The Labute approximate surface area is 160 Å². The predicted molar refractivity (Wildman–Crippen MR) is 102 cm³/mol. The monoisotopic (exact) mass is 368 g/mol. The first-order valence-electron chi connectivity index (χ1n) is 10.1. The van der Waals surface area contributed by atoms with Gasteiger partial charge in [-0.05, 0) is 64.0 Å². The van der Waals surface area contributed by atoms with Crippen LogP contribution in [0.2, 0.25) is 0 Å². The number of anilines is 1. The first-order valence-corrected chi connectivity index (χ1v) is 10.1. The van der Waals surface area contributed by atoms with Gasteiger partial charge in [0.05, 0.1) is 17.1 Å². The Morgan fingerprint density at radius 2 is 2.00 bits per heavy atom. The molecule has 6 nitrogen and oxygen atoms in total. The van der Waals surface area contributed by atoms with Crippen molar-refractivity contribution < 1.29 is 9.90 Å². The normalized spacial score (nSPS) is 31.4. The van der Waals surface area contributed by atoms with Gasteiger partial charge in [-0.3, -0.25) is 4.79 Å². The number of aryl methyl sites for hydroxylation is 1. The van der Waals surface area contributed by atoms with Crippen LogP contribution in [0.5, 0.6) is 0 Å². The summed E-state index contributed by atoms with van der Waals surface area (Å²) in [4.78, 5) is 22.3. The minimum atomic E-state index is -0.341. The second-order valence-corrected chi connectivity index (χ2v) is 8.45. The lowest BCUT2D eigenvalue weighted by molar-refractivity contribution is -0.139. The van der Waals surface area contributed by atoms with Crippen molar-refractivity contribution in [1.29, 1.82) is 5.26 Å². The summed E-state index contributed by atoms with van der Waals surface area (Å²) in [5.41, 5.74) is 1.14. The molecule has 1 aromatic heterocycles. The predicted octanol–water partition coefficient (Wildman–Crippen LogP) is 2.38. The van der Waals surface area contributed by atoms with Crippen molar-refractivity contribution in [1.82, 2.24) is 9.88 Å². The number of carbonyl (C=O) groups excluding carboxylic acids is 1. The minimum Gasteiger partial charge on any atom is -0.393 e. The fourth-order valence-electron chi connectivity index (χ4n) is 5.13. The summed E-state index contributed by atoms with van der Waals surface area (Å²) in [7, 11) is 0. The first-order chi connectivity index (χ1) is 13.0. The number of aliphatic hydroxyl groups excluding tert-OH is 1. The quantitative estimate of drug-likeness (QED) is 0.867. The van der Waals surface area contributed by atoms with E-state index in [0.29, 0.717) is 12.1 Å². The molecule has 6 heteroatoms. The molecular formula is C21H28N4O2. The molecule has 2 aliphatic heterocycles. The molecule has 1 N–H and O–H groups in total. The molecule has 3 aliphatic rings. The maximum atomic E-state index is 13.4. The molecule has 1 amide bonds. The van der Waals surface area contributed by atoms with Crippen LogP contribution in [0.4, 0.5) is 5.82 Å². The van der Waals surface area contributed by atoms with Crippen molar-refractivity contribution in [2.24, 2.45) is 5.41 Å². The maximum absolute atomic E-state index is 13.4. The Morgan fingerprint density at radius 3 is 2.74 bits per heavy atom. The van der Waals surface area contributed by atoms with Crippen LogP contribution < -0.4 is 4.90 Å². The Kier molecular flexibility index (Phi) is 4.81. The van der Waals surface area contributed by atoms with E-state index in [1.165, 1.54) is 0 Å². The molecule has 0 aromatic carbocycles. The van der Waals surface area contributed by atoms with Gasteiger partial charge in [-0.2, -0.15) is 5.26 Å². The third-order valence-electron chi connectivity index (χ3n) is 6.66. The van der Waals surface area contributed by atoms with Crippen LogP contribution in [0, 0.1) is 23.7 Å². The second kappa shape index (κ2) is 7.12. The van der Waals surface area contributed by atoms with Gasteiger partial charge in [0, 0.05) is 31.4 Å². The third-order valence-corrected chi connectivity index (χ3v) is 6.66. The van der Waals surface area contributed by atoms with E-state index in [1.54, 1.807) is 0 Å². The molecular weight excluding hydrogens is 340 g/mol. The van der Waals surface area contributed by atoms with Gasteiger partial charge < -0.3 is 14.9 Å². The molecule has 144 valence electrons. The Balaban J connectivity index is 1.54. The van der Waals surface area contributed by atoms with Gasteiger partial charge in [-0.1, -0.05) is 0 Å². The van der Waals surface area contributed by atoms with Crippen LogP contribution in [0.3, 0.4) is 0 Å². The van der Waals surface area contributed by atoms with Crippen LogP contribution in [0.25, 0.3) is 0 Å². The fraction of sp³-hybridized carbons (Fsp3) is 0.667. The largest absolute Gasteiger partial charge is 0.393 e. The number of pyridine rings is 1. The molecule has 0 unspecified atom stereocenters. The summed E-state index contributed by atoms with van der Waals surface area (Å²) in [6, 6.07) is 6.22. The third kappa shape index (κ3) is 3.29. The smallest absolute Gasteiger partial charge is 0.230 e. The molecule has 1 saturated carbocycles. The molecule has 4 rings (SSSR count). The molecule has 1 aliphatic carbocycles. The number of carbonyl (C=O) groups is 1. The molecule has 1 spiro atoms. The van der Waals surface area contributed by atoms with E-state index < -0.39 is 0 Å². The van der Waals surface area contributed by atoms with Gasteiger partial charge in [-0.15, -0.1) is 0 Å². The number of hydrogen-bond acceptors (Lipinski definition) is 5. The summed E-state index contributed by atoms with van der Waals surface area (Å²) in [6.45, 7) is 4.25. The molecule has 2 saturated heterocycles. The highest BCUT2D eigenvalue weighted by atomic mass is 16.3. The van der Waals surface area contributed by atoms with Gasteiger partial charge >= 0.3 is 0 Å². The van der Waals surface area contributed by atoms with Crippen LogP contribution in [-0.4, -0.2) is 52.7 Å². The van der Waals surface area contributed by atoms with E-state index >= 15 is 0 Å². The highest BCUT2D eigenvalue weighted by molar-refractivity contribution is 5.86. The average molecular weight is 368 g/mol. The maximum Gasteiger partial charge on any atom is 0.230 e.